The molecule has 0 saturated carbocycles. The first-order valence-corrected chi connectivity index (χ1v) is 6.26. The molecule has 20 heavy (non-hydrogen) atoms. The molecular formula is C14H19N5O. The Bertz CT molecular complexity index is 592. The highest BCUT2D eigenvalue weighted by molar-refractivity contribution is 5.66. The lowest BCUT2D eigenvalue weighted by atomic mass is 10.1. The van der Waals surface area contributed by atoms with Gasteiger partial charge in [-0.3, -0.25) is 0 Å². The third-order valence-corrected chi connectivity index (χ3v) is 2.59. The SMILES string of the molecule is Cc1cc(C)cc(Oc2ncnc(NN(C)C)c2N)c1. The molecule has 1 aromatic carbocycles. The van der Waals surface area contributed by atoms with Gasteiger partial charge in [0.1, 0.15) is 17.8 Å². The van der Waals surface area contributed by atoms with Gasteiger partial charge in [-0.1, -0.05) is 6.07 Å². The molecule has 0 fully saturated rings. The van der Waals surface area contributed by atoms with Gasteiger partial charge in [-0.25, -0.2) is 9.99 Å². The van der Waals surface area contributed by atoms with Crippen molar-refractivity contribution in [2.45, 2.75) is 13.8 Å². The maximum Gasteiger partial charge on any atom is 0.248 e. The summed E-state index contributed by atoms with van der Waals surface area (Å²) in [6.45, 7) is 4.03. The van der Waals surface area contributed by atoms with Crippen LogP contribution in [0, 0.1) is 13.8 Å². The van der Waals surface area contributed by atoms with Crippen LogP contribution in [0.2, 0.25) is 0 Å². The van der Waals surface area contributed by atoms with Crippen molar-refractivity contribution in [3.8, 4) is 11.6 Å². The highest BCUT2D eigenvalue weighted by atomic mass is 16.5. The summed E-state index contributed by atoms with van der Waals surface area (Å²) >= 11 is 0. The number of nitrogen functional groups attached to an aromatic ring is 1. The summed E-state index contributed by atoms with van der Waals surface area (Å²) in [7, 11) is 3.71. The third-order valence-electron chi connectivity index (χ3n) is 2.59. The highest BCUT2D eigenvalue weighted by Gasteiger charge is 2.11. The standard InChI is InChI=1S/C14H19N5O/c1-9-5-10(2)7-11(6-9)20-14-12(15)13(16-8-17-14)18-19(3)4/h5-8H,15H2,1-4H3,(H,16,17,18). The summed E-state index contributed by atoms with van der Waals surface area (Å²) in [4.78, 5) is 8.17. The summed E-state index contributed by atoms with van der Waals surface area (Å²) < 4.78 is 5.76. The van der Waals surface area contributed by atoms with E-state index in [1.807, 2.05) is 40.1 Å². The van der Waals surface area contributed by atoms with E-state index in [0.29, 0.717) is 23.1 Å². The fraction of sp³-hybridized carbons (Fsp3) is 0.286. The van der Waals surface area contributed by atoms with Crippen molar-refractivity contribution in [2.75, 3.05) is 25.3 Å². The second-order valence-electron chi connectivity index (χ2n) is 4.87. The van der Waals surface area contributed by atoms with Gasteiger partial charge in [-0.05, 0) is 37.1 Å². The maximum absolute atomic E-state index is 6.02. The van der Waals surface area contributed by atoms with Gasteiger partial charge in [0.2, 0.25) is 5.88 Å². The van der Waals surface area contributed by atoms with Crippen LogP contribution in [0.3, 0.4) is 0 Å². The van der Waals surface area contributed by atoms with Gasteiger partial charge in [-0.15, -0.1) is 0 Å². The number of aromatic nitrogens is 2. The summed E-state index contributed by atoms with van der Waals surface area (Å²) in [5.74, 6) is 1.57. The Morgan fingerprint density at radius 2 is 1.75 bits per heavy atom. The fourth-order valence-corrected chi connectivity index (χ4v) is 1.87. The second kappa shape index (κ2) is 5.75. The number of anilines is 2. The summed E-state index contributed by atoms with van der Waals surface area (Å²) in [6, 6.07) is 5.95. The molecule has 6 heteroatoms. The van der Waals surface area contributed by atoms with Gasteiger partial charge in [0.15, 0.2) is 5.82 Å². The quantitative estimate of drug-likeness (QED) is 0.833. The van der Waals surface area contributed by atoms with Crippen molar-refractivity contribution in [3.63, 3.8) is 0 Å². The molecule has 2 aromatic rings. The van der Waals surface area contributed by atoms with E-state index >= 15 is 0 Å². The first-order valence-electron chi connectivity index (χ1n) is 6.26. The summed E-state index contributed by atoms with van der Waals surface area (Å²) in [5.41, 5.74) is 11.6. The van der Waals surface area contributed by atoms with Crippen molar-refractivity contribution >= 4 is 11.5 Å². The number of nitrogens with one attached hydrogen (secondary N) is 1. The molecule has 0 bridgehead atoms. The lowest BCUT2D eigenvalue weighted by Crippen LogP contribution is -2.21. The molecule has 0 aliphatic heterocycles. The number of aryl methyl sites for hydroxylation is 2. The topological polar surface area (TPSA) is 76.3 Å². The van der Waals surface area contributed by atoms with E-state index in [0.717, 1.165) is 11.1 Å². The molecule has 0 aliphatic carbocycles. The van der Waals surface area contributed by atoms with E-state index in [4.69, 9.17) is 10.5 Å². The lowest BCUT2D eigenvalue weighted by Gasteiger charge is -2.15. The van der Waals surface area contributed by atoms with Crippen molar-refractivity contribution in [3.05, 3.63) is 35.7 Å². The van der Waals surface area contributed by atoms with Gasteiger partial charge in [0.25, 0.3) is 0 Å². The van der Waals surface area contributed by atoms with Crippen LogP contribution in [0.15, 0.2) is 24.5 Å². The summed E-state index contributed by atoms with van der Waals surface area (Å²) in [6.07, 6.45) is 1.42. The van der Waals surface area contributed by atoms with E-state index in [1.165, 1.54) is 6.33 Å². The van der Waals surface area contributed by atoms with Crippen LogP contribution < -0.4 is 15.9 Å². The minimum absolute atomic E-state index is 0.342. The minimum atomic E-state index is 0.342. The zero-order valence-electron chi connectivity index (χ0n) is 12.1. The van der Waals surface area contributed by atoms with Gasteiger partial charge in [0, 0.05) is 14.1 Å². The van der Waals surface area contributed by atoms with Crippen LogP contribution in [-0.2, 0) is 0 Å². The minimum Gasteiger partial charge on any atom is -0.437 e. The molecule has 1 heterocycles. The Morgan fingerprint density at radius 3 is 2.35 bits per heavy atom. The number of hydrogen-bond acceptors (Lipinski definition) is 6. The molecule has 0 amide bonds. The van der Waals surface area contributed by atoms with Gasteiger partial charge >= 0.3 is 0 Å². The Morgan fingerprint density at radius 1 is 1.10 bits per heavy atom. The monoisotopic (exact) mass is 273 g/mol. The Balaban J connectivity index is 2.29. The number of nitrogens with two attached hydrogens (primary N) is 1. The highest BCUT2D eigenvalue weighted by Crippen LogP contribution is 2.30. The van der Waals surface area contributed by atoms with Crippen LogP contribution >= 0.6 is 0 Å². The lowest BCUT2D eigenvalue weighted by molar-refractivity contribution is 0.460. The maximum atomic E-state index is 6.02. The first-order chi connectivity index (χ1) is 9.45. The van der Waals surface area contributed by atoms with E-state index in [9.17, 15) is 0 Å². The largest absolute Gasteiger partial charge is 0.437 e. The molecule has 0 unspecified atom stereocenters. The molecule has 0 spiro atoms. The third kappa shape index (κ3) is 3.36. The number of benzene rings is 1. The zero-order chi connectivity index (χ0) is 14.7. The van der Waals surface area contributed by atoms with Gasteiger partial charge < -0.3 is 15.9 Å². The molecule has 2 rings (SSSR count). The van der Waals surface area contributed by atoms with E-state index in [1.54, 1.807) is 5.01 Å². The number of rotatable bonds is 4. The van der Waals surface area contributed by atoms with Crippen LogP contribution in [0.4, 0.5) is 11.5 Å². The number of hydrazine groups is 1. The number of hydrogen-bond donors (Lipinski definition) is 2. The van der Waals surface area contributed by atoms with Crippen LogP contribution in [0.1, 0.15) is 11.1 Å². The van der Waals surface area contributed by atoms with Crippen molar-refractivity contribution in [1.82, 2.24) is 15.0 Å². The Hall–Kier alpha value is -2.34. The van der Waals surface area contributed by atoms with Crippen LogP contribution in [0.25, 0.3) is 0 Å². The smallest absolute Gasteiger partial charge is 0.248 e. The zero-order valence-corrected chi connectivity index (χ0v) is 12.1. The molecule has 1 aromatic heterocycles. The van der Waals surface area contributed by atoms with Crippen molar-refractivity contribution in [2.24, 2.45) is 0 Å². The molecule has 106 valence electrons. The molecule has 0 atom stereocenters. The van der Waals surface area contributed by atoms with Crippen molar-refractivity contribution < 1.29 is 4.74 Å². The predicted octanol–water partition coefficient (Wildman–Crippen LogP) is 2.36. The molecule has 3 N–H and O–H groups in total. The number of nitrogens with zero attached hydrogens (tertiary/aromatic N) is 3. The first kappa shape index (κ1) is 14.1. The van der Waals surface area contributed by atoms with Gasteiger partial charge in [-0.2, -0.15) is 4.98 Å². The Kier molecular flexibility index (Phi) is 4.05. The van der Waals surface area contributed by atoms with E-state index < -0.39 is 0 Å². The molecular weight excluding hydrogens is 254 g/mol. The van der Waals surface area contributed by atoms with E-state index in [-0.39, 0.29) is 0 Å². The normalized spacial score (nSPS) is 10.7. The Labute approximate surface area is 118 Å². The van der Waals surface area contributed by atoms with Crippen LogP contribution in [-0.4, -0.2) is 29.1 Å². The molecule has 6 nitrogen and oxygen atoms in total. The van der Waals surface area contributed by atoms with E-state index in [2.05, 4.69) is 21.5 Å². The molecule has 0 radical (unpaired) electrons. The molecule has 0 saturated heterocycles. The second-order valence-corrected chi connectivity index (χ2v) is 4.87. The fourth-order valence-electron chi connectivity index (χ4n) is 1.87. The summed E-state index contributed by atoms with van der Waals surface area (Å²) in [5, 5.41) is 1.75. The van der Waals surface area contributed by atoms with Gasteiger partial charge in [0.05, 0.1) is 0 Å². The van der Waals surface area contributed by atoms with Crippen LogP contribution in [0.5, 0.6) is 11.6 Å². The average Bonchev–Trinajstić information content (AvgIpc) is 2.32. The average molecular weight is 273 g/mol. The van der Waals surface area contributed by atoms with Crippen molar-refractivity contribution in [1.29, 1.82) is 0 Å². The molecule has 0 aliphatic rings. The number of ether oxygens (including phenoxy) is 1. The predicted molar refractivity (Wildman–Crippen MR) is 79.7 cm³/mol.